The molecule has 4 rings (SSSR count). The van der Waals surface area contributed by atoms with Crippen LogP contribution in [0.1, 0.15) is 0 Å². The summed E-state index contributed by atoms with van der Waals surface area (Å²) < 4.78 is 18.8. The van der Waals surface area contributed by atoms with Gasteiger partial charge in [0.25, 0.3) is 0 Å². The number of nitrogens with one attached hydrogen (secondary N) is 2. The molecular weight excluding hydrogens is 347 g/mol. The first-order valence-corrected chi connectivity index (χ1v) is 8.69. The lowest BCUT2D eigenvalue weighted by Crippen LogP contribution is -2.36. The van der Waals surface area contributed by atoms with E-state index >= 15 is 0 Å². The molecule has 0 radical (unpaired) electrons. The van der Waals surface area contributed by atoms with Crippen molar-refractivity contribution in [2.24, 2.45) is 0 Å². The van der Waals surface area contributed by atoms with Gasteiger partial charge in [0.15, 0.2) is 5.82 Å². The fourth-order valence-electron chi connectivity index (χ4n) is 2.91. The van der Waals surface area contributed by atoms with E-state index in [9.17, 15) is 4.39 Å². The average Bonchev–Trinajstić information content (AvgIpc) is 2.69. The van der Waals surface area contributed by atoms with Crippen molar-refractivity contribution >= 4 is 28.8 Å². The molecule has 3 aromatic rings. The molecule has 2 N–H and O–H groups in total. The van der Waals surface area contributed by atoms with Gasteiger partial charge < -0.3 is 20.3 Å². The second kappa shape index (κ2) is 7.96. The molecule has 0 spiro atoms. The van der Waals surface area contributed by atoms with Crippen molar-refractivity contribution in [1.29, 1.82) is 0 Å². The van der Waals surface area contributed by atoms with Gasteiger partial charge in [0.05, 0.1) is 30.8 Å². The van der Waals surface area contributed by atoms with Gasteiger partial charge in [-0.05, 0) is 30.3 Å². The van der Waals surface area contributed by atoms with E-state index in [2.05, 4.69) is 36.8 Å². The lowest BCUT2D eigenvalue weighted by atomic mass is 10.2. The number of rotatable bonds is 5. The molecule has 0 aliphatic carbocycles. The minimum absolute atomic E-state index is 0.287. The third-order valence-corrected chi connectivity index (χ3v) is 4.16. The van der Waals surface area contributed by atoms with E-state index in [1.165, 1.54) is 12.1 Å². The van der Waals surface area contributed by atoms with Crippen LogP contribution in [0, 0.1) is 5.82 Å². The Morgan fingerprint density at radius 3 is 2.70 bits per heavy atom. The minimum Gasteiger partial charge on any atom is -0.378 e. The fourth-order valence-corrected chi connectivity index (χ4v) is 2.91. The Morgan fingerprint density at radius 1 is 1.00 bits per heavy atom. The number of benzene rings is 2. The van der Waals surface area contributed by atoms with Gasteiger partial charge in [-0.1, -0.05) is 18.2 Å². The normalized spacial score (nSPS) is 14.0. The maximum absolute atomic E-state index is 13.3. The van der Waals surface area contributed by atoms with Crippen molar-refractivity contribution < 1.29 is 9.13 Å². The Bertz CT molecular complexity index is 916. The Morgan fingerprint density at radius 2 is 1.85 bits per heavy atom. The summed E-state index contributed by atoms with van der Waals surface area (Å²) in [6, 6.07) is 14.1. The second-order valence-electron chi connectivity index (χ2n) is 6.04. The molecule has 0 bridgehead atoms. The molecule has 1 aromatic heterocycles. The molecule has 0 atom stereocenters. The number of ether oxygens (including phenoxy) is 1. The highest BCUT2D eigenvalue weighted by Crippen LogP contribution is 2.28. The Kier molecular flexibility index (Phi) is 5.06. The summed E-state index contributed by atoms with van der Waals surface area (Å²) in [4.78, 5) is 6.69. The predicted molar refractivity (Wildman–Crippen MR) is 102 cm³/mol. The van der Waals surface area contributed by atoms with Gasteiger partial charge in [0, 0.05) is 18.8 Å². The van der Waals surface area contributed by atoms with E-state index in [4.69, 9.17) is 4.74 Å². The van der Waals surface area contributed by atoms with Crippen LogP contribution in [0.5, 0.6) is 0 Å². The Balaban J connectivity index is 1.53. The van der Waals surface area contributed by atoms with Gasteiger partial charge in [-0.2, -0.15) is 10.1 Å². The smallest absolute Gasteiger partial charge is 0.249 e. The first-order valence-electron chi connectivity index (χ1n) is 8.69. The molecule has 2 heterocycles. The molecule has 27 heavy (non-hydrogen) atoms. The zero-order valence-electron chi connectivity index (χ0n) is 14.6. The molecule has 1 fully saturated rings. The zero-order chi connectivity index (χ0) is 18.5. The zero-order valence-corrected chi connectivity index (χ0v) is 14.6. The van der Waals surface area contributed by atoms with Gasteiger partial charge >= 0.3 is 0 Å². The van der Waals surface area contributed by atoms with Gasteiger partial charge in [-0.25, -0.2) is 4.39 Å². The lowest BCUT2D eigenvalue weighted by molar-refractivity contribution is 0.123. The van der Waals surface area contributed by atoms with Crippen LogP contribution in [0.3, 0.4) is 0 Å². The van der Waals surface area contributed by atoms with Crippen LogP contribution in [-0.4, -0.2) is 41.5 Å². The van der Waals surface area contributed by atoms with E-state index in [1.807, 2.05) is 18.2 Å². The largest absolute Gasteiger partial charge is 0.378 e. The number of hydrogen-bond acceptors (Lipinski definition) is 7. The SMILES string of the molecule is Fc1cccc(Nc2nncc(Nc3ccccc3N3CCOCC3)n2)c1. The number of morpholine rings is 1. The first-order chi connectivity index (χ1) is 13.3. The molecule has 8 heteroatoms. The molecule has 0 saturated carbocycles. The van der Waals surface area contributed by atoms with E-state index in [0.29, 0.717) is 24.7 Å². The summed E-state index contributed by atoms with van der Waals surface area (Å²) in [6.07, 6.45) is 1.55. The van der Waals surface area contributed by atoms with Crippen LogP contribution in [0.2, 0.25) is 0 Å². The molecular formula is C19H19FN6O. The van der Waals surface area contributed by atoms with Crippen LogP contribution in [0.4, 0.5) is 33.2 Å². The number of para-hydroxylation sites is 2. The minimum atomic E-state index is -0.332. The fraction of sp³-hybridized carbons (Fsp3) is 0.211. The Hall–Kier alpha value is -3.26. The molecule has 0 amide bonds. The molecule has 1 aliphatic rings. The van der Waals surface area contributed by atoms with Gasteiger partial charge in [0.1, 0.15) is 5.82 Å². The third-order valence-electron chi connectivity index (χ3n) is 4.16. The van der Waals surface area contributed by atoms with Gasteiger partial charge in [-0.15, -0.1) is 5.10 Å². The van der Waals surface area contributed by atoms with Crippen LogP contribution < -0.4 is 15.5 Å². The van der Waals surface area contributed by atoms with Crippen LogP contribution in [-0.2, 0) is 4.74 Å². The molecule has 1 aliphatic heterocycles. The van der Waals surface area contributed by atoms with Gasteiger partial charge in [0.2, 0.25) is 5.95 Å². The summed E-state index contributed by atoms with van der Waals surface area (Å²) in [7, 11) is 0. The predicted octanol–water partition coefficient (Wildman–Crippen LogP) is 3.33. The quantitative estimate of drug-likeness (QED) is 0.717. The molecule has 138 valence electrons. The summed E-state index contributed by atoms with van der Waals surface area (Å²) in [5.41, 5.74) is 2.57. The third kappa shape index (κ3) is 4.29. The average molecular weight is 366 g/mol. The summed E-state index contributed by atoms with van der Waals surface area (Å²) in [6.45, 7) is 3.11. The van der Waals surface area contributed by atoms with Crippen molar-refractivity contribution in [2.45, 2.75) is 0 Å². The number of aromatic nitrogens is 3. The second-order valence-corrected chi connectivity index (χ2v) is 6.04. The summed E-state index contributed by atoms with van der Waals surface area (Å²) in [5, 5.41) is 14.2. The van der Waals surface area contributed by atoms with Crippen molar-refractivity contribution in [3.05, 3.63) is 60.5 Å². The van der Waals surface area contributed by atoms with Crippen molar-refractivity contribution in [1.82, 2.24) is 15.2 Å². The highest BCUT2D eigenvalue weighted by atomic mass is 19.1. The van der Waals surface area contributed by atoms with E-state index in [1.54, 1.807) is 18.3 Å². The number of hydrogen-bond donors (Lipinski definition) is 2. The van der Waals surface area contributed by atoms with E-state index in [0.717, 1.165) is 24.5 Å². The summed E-state index contributed by atoms with van der Waals surface area (Å²) >= 11 is 0. The maximum Gasteiger partial charge on any atom is 0.249 e. The van der Waals surface area contributed by atoms with E-state index < -0.39 is 0 Å². The summed E-state index contributed by atoms with van der Waals surface area (Å²) in [5.74, 6) is 0.501. The molecule has 0 unspecified atom stereocenters. The van der Waals surface area contributed by atoms with Crippen molar-refractivity contribution in [3.63, 3.8) is 0 Å². The van der Waals surface area contributed by atoms with E-state index in [-0.39, 0.29) is 11.8 Å². The van der Waals surface area contributed by atoms with Crippen molar-refractivity contribution in [2.75, 3.05) is 41.8 Å². The lowest BCUT2D eigenvalue weighted by Gasteiger charge is -2.30. The van der Waals surface area contributed by atoms with Crippen LogP contribution in [0.15, 0.2) is 54.7 Å². The first kappa shape index (κ1) is 17.2. The molecule has 1 saturated heterocycles. The van der Waals surface area contributed by atoms with Crippen molar-refractivity contribution in [3.8, 4) is 0 Å². The molecule has 7 nitrogen and oxygen atoms in total. The van der Waals surface area contributed by atoms with Crippen LogP contribution in [0.25, 0.3) is 0 Å². The highest BCUT2D eigenvalue weighted by Gasteiger charge is 2.15. The monoisotopic (exact) mass is 366 g/mol. The highest BCUT2D eigenvalue weighted by molar-refractivity contribution is 5.74. The topological polar surface area (TPSA) is 75.2 Å². The maximum atomic E-state index is 13.3. The number of anilines is 5. The van der Waals surface area contributed by atoms with Gasteiger partial charge in [-0.3, -0.25) is 0 Å². The standard InChI is InChI=1S/C19H19FN6O/c20-14-4-3-5-15(12-14)22-19-24-18(13-21-25-19)23-16-6-1-2-7-17(16)26-8-10-27-11-9-26/h1-7,12-13H,8-11H2,(H2,22,23,24,25). The molecule has 2 aromatic carbocycles. The Labute approximate surface area is 156 Å². The number of nitrogens with zero attached hydrogens (tertiary/aromatic N) is 4. The number of halogens is 1. The van der Waals surface area contributed by atoms with Crippen LogP contribution >= 0.6 is 0 Å².